The Morgan fingerprint density at radius 3 is 2.00 bits per heavy atom. The van der Waals surface area contributed by atoms with Crippen molar-refractivity contribution in [1.29, 1.82) is 0 Å². The van der Waals surface area contributed by atoms with Gasteiger partial charge in [-0.15, -0.1) is 0 Å². The largest absolute Gasteiger partial charge is 0.361 e. The third-order valence-corrected chi connectivity index (χ3v) is 11.6. The molecule has 0 aliphatic heterocycles. The molecule has 2 aliphatic rings. The fourth-order valence-corrected chi connectivity index (χ4v) is 9.95. The van der Waals surface area contributed by atoms with Crippen molar-refractivity contribution in [1.82, 2.24) is 4.98 Å². The molecule has 4 atom stereocenters. The summed E-state index contributed by atoms with van der Waals surface area (Å²) in [5, 5.41) is 6.45. The molecule has 1 spiro atoms. The lowest BCUT2D eigenvalue weighted by atomic mass is 9.53. The van der Waals surface area contributed by atoms with Gasteiger partial charge in [-0.05, 0) is 109 Å². The Hall–Kier alpha value is -4.62. The Morgan fingerprint density at radius 1 is 0.622 bits per heavy atom. The average molecular weight is 582 g/mol. The normalized spacial score (nSPS) is 22.3. The maximum atomic E-state index is 3.54. The molecule has 1 saturated carbocycles. The summed E-state index contributed by atoms with van der Waals surface area (Å²) < 4.78 is 0. The van der Waals surface area contributed by atoms with Crippen LogP contribution in [0.3, 0.4) is 0 Å². The Balaban J connectivity index is 1.34. The van der Waals surface area contributed by atoms with Crippen LogP contribution in [0.4, 0.5) is 0 Å². The van der Waals surface area contributed by atoms with Gasteiger partial charge in [0.25, 0.3) is 0 Å². The van der Waals surface area contributed by atoms with Crippen molar-refractivity contribution in [3.05, 3.63) is 133 Å². The van der Waals surface area contributed by atoms with E-state index in [1.54, 1.807) is 11.1 Å². The zero-order chi connectivity index (χ0) is 30.3. The Morgan fingerprint density at radius 2 is 1.27 bits per heavy atom. The number of rotatable bonds is 3. The molecule has 7 aromatic rings. The van der Waals surface area contributed by atoms with Crippen LogP contribution >= 0.6 is 0 Å². The lowest BCUT2D eigenvalue weighted by molar-refractivity contribution is 0.114. The van der Waals surface area contributed by atoms with E-state index in [1.807, 2.05) is 0 Å². The third kappa shape index (κ3) is 3.61. The molecule has 1 heteroatoms. The molecule has 2 aliphatic carbocycles. The van der Waals surface area contributed by atoms with Gasteiger partial charge < -0.3 is 4.98 Å². The summed E-state index contributed by atoms with van der Waals surface area (Å²) in [4.78, 5) is 3.54. The standard InChI is InChI=1S/C44H39N/c1-4-31-25-27(2)24-28(3)44(31)39-19-10-9-13-32(39)38-26-30(20-21-40(38)44)41-33-14-5-7-16-35(33)42(36-17-8-6-15-34(36)41)37-18-11-12-29-22-23-45-43(29)37/h5-23,26-28,31,45H,4,24-25H2,1-3H3. The van der Waals surface area contributed by atoms with Gasteiger partial charge in [0, 0.05) is 17.2 Å². The Labute approximate surface area is 265 Å². The first-order valence-electron chi connectivity index (χ1n) is 16.9. The number of hydrogen-bond acceptors (Lipinski definition) is 0. The number of para-hydroxylation sites is 1. The summed E-state index contributed by atoms with van der Waals surface area (Å²) in [6, 6.07) is 43.8. The van der Waals surface area contributed by atoms with E-state index in [-0.39, 0.29) is 5.41 Å². The summed E-state index contributed by atoms with van der Waals surface area (Å²) in [6.45, 7) is 7.41. The fraction of sp³-hybridized carbons (Fsp3) is 0.227. The predicted octanol–water partition coefficient (Wildman–Crippen LogP) is 12.2. The van der Waals surface area contributed by atoms with Crippen molar-refractivity contribution >= 4 is 32.4 Å². The van der Waals surface area contributed by atoms with Crippen LogP contribution in [-0.4, -0.2) is 4.98 Å². The first-order chi connectivity index (χ1) is 22.1. The minimum Gasteiger partial charge on any atom is -0.361 e. The smallest absolute Gasteiger partial charge is 0.0534 e. The van der Waals surface area contributed by atoms with E-state index < -0.39 is 0 Å². The zero-order valence-electron chi connectivity index (χ0n) is 26.4. The van der Waals surface area contributed by atoms with Crippen molar-refractivity contribution in [3.8, 4) is 33.4 Å². The summed E-state index contributed by atoms with van der Waals surface area (Å²) in [5.41, 5.74) is 12.5. The minimum atomic E-state index is 0.0917. The first-order valence-corrected chi connectivity index (χ1v) is 16.9. The number of nitrogens with one attached hydrogen (secondary N) is 1. The molecule has 1 N–H and O–H groups in total. The van der Waals surface area contributed by atoms with Crippen molar-refractivity contribution in [2.75, 3.05) is 0 Å². The fourth-order valence-electron chi connectivity index (χ4n) is 9.95. The van der Waals surface area contributed by atoms with Crippen LogP contribution in [0.1, 0.15) is 51.2 Å². The highest BCUT2D eigenvalue weighted by Crippen LogP contribution is 2.62. The molecule has 0 bridgehead atoms. The van der Waals surface area contributed by atoms with E-state index >= 15 is 0 Å². The summed E-state index contributed by atoms with van der Waals surface area (Å²) in [6.07, 6.45) is 5.87. The van der Waals surface area contributed by atoms with Crippen LogP contribution < -0.4 is 0 Å². The molecule has 220 valence electrons. The SMILES string of the molecule is CCC1CC(C)CC(C)C12c1ccccc1-c1cc(-c3c4ccccc4c(-c4cccc5cc[nH]c45)c4ccccc34)ccc12. The zero-order valence-corrected chi connectivity index (χ0v) is 26.4. The molecule has 0 amide bonds. The van der Waals surface area contributed by atoms with Crippen LogP contribution in [0.25, 0.3) is 65.8 Å². The Kier molecular flexibility index (Phi) is 5.91. The molecule has 4 unspecified atom stereocenters. The maximum absolute atomic E-state index is 3.54. The second kappa shape index (κ2) is 9.94. The molecule has 6 aromatic carbocycles. The first kappa shape index (κ1) is 26.8. The van der Waals surface area contributed by atoms with Gasteiger partial charge in [0.15, 0.2) is 0 Å². The van der Waals surface area contributed by atoms with E-state index in [0.29, 0.717) is 11.8 Å². The van der Waals surface area contributed by atoms with Gasteiger partial charge in [0.2, 0.25) is 0 Å². The van der Waals surface area contributed by atoms with Crippen LogP contribution in [0.5, 0.6) is 0 Å². The van der Waals surface area contributed by atoms with Crippen molar-refractivity contribution < 1.29 is 0 Å². The molecular formula is C44H39N. The van der Waals surface area contributed by atoms with E-state index in [1.165, 1.54) is 85.1 Å². The number of aromatic nitrogens is 1. The van der Waals surface area contributed by atoms with Crippen LogP contribution in [0.2, 0.25) is 0 Å². The lowest BCUT2D eigenvalue weighted by Crippen LogP contribution is -2.45. The van der Waals surface area contributed by atoms with Crippen molar-refractivity contribution in [2.24, 2.45) is 17.8 Å². The molecule has 45 heavy (non-hydrogen) atoms. The molecule has 1 nitrogen and oxygen atoms in total. The third-order valence-electron chi connectivity index (χ3n) is 11.6. The molecular weight excluding hydrogens is 542 g/mol. The average Bonchev–Trinajstić information content (AvgIpc) is 3.67. The summed E-state index contributed by atoms with van der Waals surface area (Å²) in [7, 11) is 0. The monoisotopic (exact) mass is 581 g/mol. The van der Waals surface area contributed by atoms with E-state index in [2.05, 4.69) is 147 Å². The predicted molar refractivity (Wildman–Crippen MR) is 192 cm³/mol. The van der Waals surface area contributed by atoms with Crippen molar-refractivity contribution in [2.45, 2.75) is 45.4 Å². The maximum Gasteiger partial charge on any atom is 0.0534 e. The van der Waals surface area contributed by atoms with Gasteiger partial charge >= 0.3 is 0 Å². The lowest BCUT2D eigenvalue weighted by Gasteiger charge is -2.50. The highest BCUT2D eigenvalue weighted by Gasteiger charge is 2.53. The van der Waals surface area contributed by atoms with Gasteiger partial charge in [-0.25, -0.2) is 0 Å². The summed E-state index contributed by atoms with van der Waals surface area (Å²) >= 11 is 0. The van der Waals surface area contributed by atoms with E-state index in [0.717, 1.165) is 5.92 Å². The number of aromatic amines is 1. The number of fused-ring (bicyclic) bond motifs is 8. The molecule has 1 heterocycles. The highest BCUT2D eigenvalue weighted by molar-refractivity contribution is 6.23. The number of H-pyrrole nitrogens is 1. The molecule has 9 rings (SSSR count). The van der Waals surface area contributed by atoms with Crippen LogP contribution in [-0.2, 0) is 5.41 Å². The van der Waals surface area contributed by atoms with Crippen molar-refractivity contribution in [3.63, 3.8) is 0 Å². The van der Waals surface area contributed by atoms with Crippen LogP contribution in [0, 0.1) is 17.8 Å². The van der Waals surface area contributed by atoms with E-state index in [4.69, 9.17) is 0 Å². The quantitative estimate of drug-likeness (QED) is 0.200. The number of hydrogen-bond donors (Lipinski definition) is 1. The molecule has 0 saturated heterocycles. The second-order valence-electron chi connectivity index (χ2n) is 13.8. The topological polar surface area (TPSA) is 15.8 Å². The minimum absolute atomic E-state index is 0.0917. The van der Waals surface area contributed by atoms with Gasteiger partial charge in [0.05, 0.1) is 5.52 Å². The second-order valence-corrected chi connectivity index (χ2v) is 13.8. The van der Waals surface area contributed by atoms with Gasteiger partial charge in [-0.3, -0.25) is 0 Å². The van der Waals surface area contributed by atoms with Crippen LogP contribution in [0.15, 0.2) is 121 Å². The molecule has 1 aromatic heterocycles. The molecule has 1 fully saturated rings. The van der Waals surface area contributed by atoms with Gasteiger partial charge in [-0.2, -0.15) is 0 Å². The summed E-state index contributed by atoms with van der Waals surface area (Å²) in [5.74, 6) is 2.04. The molecule has 0 radical (unpaired) electrons. The van der Waals surface area contributed by atoms with Gasteiger partial charge in [0.1, 0.15) is 0 Å². The van der Waals surface area contributed by atoms with E-state index in [9.17, 15) is 0 Å². The Bertz CT molecular complexity index is 2210. The van der Waals surface area contributed by atoms with Gasteiger partial charge in [-0.1, -0.05) is 130 Å². The highest BCUT2D eigenvalue weighted by atomic mass is 14.7. The number of benzene rings is 6.